The zero-order valence-corrected chi connectivity index (χ0v) is 20.9. The molecule has 0 heterocycles. The minimum atomic E-state index is -0.732. The van der Waals surface area contributed by atoms with Crippen LogP contribution in [0.3, 0.4) is 0 Å². The van der Waals surface area contributed by atoms with E-state index in [-0.39, 0.29) is 34.8 Å². The first-order valence-electron chi connectivity index (χ1n) is 11.0. The maximum atomic E-state index is 12.2. The first kappa shape index (κ1) is 27.6. The number of benzene rings is 3. The number of hydrogen-bond donors (Lipinski definition) is 1. The van der Waals surface area contributed by atoms with Crippen molar-refractivity contribution in [2.45, 2.75) is 12.8 Å². The summed E-state index contributed by atoms with van der Waals surface area (Å²) in [6.07, 6.45) is -0.360. The molecular weight excluding hydrogens is 521 g/mol. The highest BCUT2D eigenvalue weighted by Gasteiger charge is 2.16. The fourth-order valence-corrected chi connectivity index (χ4v) is 3.58. The monoisotopic (exact) mass is 541 g/mol. The second-order valence-corrected chi connectivity index (χ2v) is 8.54. The molecule has 3 aromatic carbocycles. The molecule has 0 fully saturated rings. The highest BCUT2D eigenvalue weighted by Crippen LogP contribution is 2.21. The topological polar surface area (TPSA) is 116 Å². The van der Waals surface area contributed by atoms with Crippen LogP contribution in [0.4, 0.5) is 5.69 Å². The zero-order valence-electron chi connectivity index (χ0n) is 19.4. The lowest BCUT2D eigenvalue weighted by Gasteiger charge is -2.08. The number of rotatable bonds is 11. The highest BCUT2D eigenvalue weighted by atomic mass is 35.5. The molecule has 10 heteroatoms. The van der Waals surface area contributed by atoms with Crippen molar-refractivity contribution < 1.29 is 33.4 Å². The normalized spacial score (nSPS) is 10.3. The van der Waals surface area contributed by atoms with E-state index in [1.54, 1.807) is 30.3 Å². The van der Waals surface area contributed by atoms with Gasteiger partial charge in [0.05, 0.1) is 17.0 Å². The van der Waals surface area contributed by atoms with E-state index in [9.17, 15) is 24.0 Å². The van der Waals surface area contributed by atoms with E-state index >= 15 is 0 Å². The van der Waals surface area contributed by atoms with E-state index in [0.29, 0.717) is 16.3 Å². The van der Waals surface area contributed by atoms with Gasteiger partial charge < -0.3 is 14.8 Å². The van der Waals surface area contributed by atoms with Crippen LogP contribution in [0.2, 0.25) is 10.0 Å². The number of amides is 1. The predicted molar refractivity (Wildman–Crippen MR) is 137 cm³/mol. The van der Waals surface area contributed by atoms with E-state index in [0.717, 1.165) is 0 Å². The number of ketones is 2. The minimum absolute atomic E-state index is 0.155. The van der Waals surface area contributed by atoms with Gasteiger partial charge in [-0.25, -0.2) is 4.79 Å². The average Bonchev–Trinajstić information content (AvgIpc) is 2.90. The quantitative estimate of drug-likeness (QED) is 0.262. The molecule has 0 saturated carbocycles. The summed E-state index contributed by atoms with van der Waals surface area (Å²) in [6.45, 7) is -0.911. The summed E-state index contributed by atoms with van der Waals surface area (Å²) in [5.41, 5.74) is 1.17. The van der Waals surface area contributed by atoms with Gasteiger partial charge in [0.2, 0.25) is 11.7 Å². The van der Waals surface area contributed by atoms with Crippen molar-refractivity contribution in [1.82, 2.24) is 0 Å². The molecule has 0 aliphatic heterocycles. The van der Waals surface area contributed by atoms with E-state index < -0.39 is 36.8 Å². The highest BCUT2D eigenvalue weighted by molar-refractivity contribution is 6.36. The molecule has 0 bridgehead atoms. The Morgan fingerprint density at radius 3 is 2.05 bits per heavy atom. The zero-order chi connectivity index (χ0) is 26.8. The van der Waals surface area contributed by atoms with Crippen molar-refractivity contribution in [1.29, 1.82) is 0 Å². The molecule has 0 atom stereocenters. The van der Waals surface area contributed by atoms with Gasteiger partial charge >= 0.3 is 11.9 Å². The Bertz CT molecular complexity index is 1310. The molecule has 190 valence electrons. The van der Waals surface area contributed by atoms with Crippen molar-refractivity contribution in [3.8, 4) is 0 Å². The van der Waals surface area contributed by atoms with E-state index in [1.165, 1.54) is 42.5 Å². The maximum Gasteiger partial charge on any atom is 0.338 e. The first-order chi connectivity index (χ1) is 17.7. The van der Waals surface area contributed by atoms with Gasteiger partial charge in [-0.3, -0.25) is 19.2 Å². The van der Waals surface area contributed by atoms with E-state index in [1.807, 2.05) is 0 Å². The maximum absolute atomic E-state index is 12.2. The van der Waals surface area contributed by atoms with Gasteiger partial charge in [0.15, 0.2) is 19.0 Å². The Balaban J connectivity index is 1.40. The third-order valence-corrected chi connectivity index (χ3v) is 5.53. The van der Waals surface area contributed by atoms with Crippen molar-refractivity contribution in [2.24, 2.45) is 0 Å². The lowest BCUT2D eigenvalue weighted by molar-refractivity contribution is -0.143. The first-order valence-corrected chi connectivity index (χ1v) is 11.8. The molecule has 0 spiro atoms. The predicted octanol–water partition coefficient (Wildman–Crippen LogP) is 5.18. The van der Waals surface area contributed by atoms with Crippen LogP contribution in [-0.4, -0.2) is 42.6 Å². The van der Waals surface area contributed by atoms with Crippen molar-refractivity contribution in [3.63, 3.8) is 0 Å². The lowest BCUT2D eigenvalue weighted by atomic mass is 10.1. The molecule has 1 amide bonds. The summed E-state index contributed by atoms with van der Waals surface area (Å²) < 4.78 is 9.96. The summed E-state index contributed by atoms with van der Waals surface area (Å²) in [5, 5.41) is 3.12. The average molecular weight is 542 g/mol. The number of esters is 2. The van der Waals surface area contributed by atoms with Crippen molar-refractivity contribution in [2.75, 3.05) is 18.5 Å². The Morgan fingerprint density at radius 2 is 1.38 bits per heavy atom. The molecule has 1 N–H and O–H groups in total. The van der Waals surface area contributed by atoms with Gasteiger partial charge in [0.1, 0.15) is 0 Å². The van der Waals surface area contributed by atoms with Crippen molar-refractivity contribution in [3.05, 3.63) is 99.5 Å². The van der Waals surface area contributed by atoms with Gasteiger partial charge in [-0.1, -0.05) is 53.5 Å². The standard InChI is InChI=1S/C27H21Cl2NO7/c28-19-8-11-21(22(29)14-19)24(32)16-37-27(35)18-6-9-20(10-7-18)30-25(33)12-13-26(34)36-15-23(31)17-4-2-1-3-5-17/h1-11,14H,12-13,15-16H2,(H,30,33). The molecule has 0 radical (unpaired) electrons. The molecule has 0 aliphatic carbocycles. The molecule has 0 aromatic heterocycles. The third kappa shape index (κ3) is 8.56. The van der Waals surface area contributed by atoms with Crippen LogP contribution in [0.25, 0.3) is 0 Å². The third-order valence-electron chi connectivity index (χ3n) is 4.99. The summed E-state index contributed by atoms with van der Waals surface area (Å²) in [5.74, 6) is -2.68. The Kier molecular flexibility index (Phi) is 9.94. The number of halogens is 2. The number of hydrogen-bond acceptors (Lipinski definition) is 7. The van der Waals surface area contributed by atoms with Crippen LogP contribution in [0.15, 0.2) is 72.8 Å². The molecule has 8 nitrogen and oxygen atoms in total. The number of carbonyl (C=O) groups excluding carboxylic acids is 5. The Hall–Kier alpha value is -4.01. The summed E-state index contributed by atoms with van der Waals surface area (Å²) >= 11 is 11.8. The van der Waals surface area contributed by atoms with Crippen molar-refractivity contribution >= 4 is 58.3 Å². The molecule has 37 heavy (non-hydrogen) atoms. The van der Waals surface area contributed by atoms with Crippen LogP contribution in [0.5, 0.6) is 0 Å². The number of carbonyl (C=O) groups is 5. The number of Topliss-reactive ketones (excluding diaryl/α,β-unsaturated/α-hetero) is 2. The van der Waals surface area contributed by atoms with Gasteiger partial charge in [-0.15, -0.1) is 0 Å². The molecular formula is C27H21Cl2NO7. The number of nitrogens with one attached hydrogen (secondary N) is 1. The van der Waals surface area contributed by atoms with Crippen LogP contribution in [0, 0.1) is 0 Å². The second kappa shape index (κ2) is 13.3. The Labute approximate surface area is 222 Å². The number of ether oxygens (including phenoxy) is 2. The van der Waals surface area contributed by atoms with Gasteiger partial charge in [-0.05, 0) is 42.5 Å². The second-order valence-electron chi connectivity index (χ2n) is 7.70. The van der Waals surface area contributed by atoms with Crippen LogP contribution in [0.1, 0.15) is 43.9 Å². The smallest absolute Gasteiger partial charge is 0.338 e. The molecule has 3 aromatic rings. The molecule has 0 aliphatic rings. The summed E-state index contributed by atoms with van der Waals surface area (Å²) in [4.78, 5) is 60.4. The number of anilines is 1. The molecule has 0 saturated heterocycles. The minimum Gasteiger partial charge on any atom is -0.457 e. The fraction of sp³-hybridized carbons (Fsp3) is 0.148. The van der Waals surface area contributed by atoms with Gasteiger partial charge in [0.25, 0.3) is 0 Å². The summed E-state index contributed by atoms with van der Waals surface area (Å²) in [6, 6.07) is 18.6. The van der Waals surface area contributed by atoms with Gasteiger partial charge in [0, 0.05) is 28.3 Å². The van der Waals surface area contributed by atoms with Crippen LogP contribution < -0.4 is 5.32 Å². The lowest BCUT2D eigenvalue weighted by Crippen LogP contribution is -2.17. The molecule has 0 unspecified atom stereocenters. The molecule has 3 rings (SSSR count). The van der Waals surface area contributed by atoms with Crippen LogP contribution >= 0.6 is 23.2 Å². The van der Waals surface area contributed by atoms with E-state index in [2.05, 4.69) is 5.32 Å². The van der Waals surface area contributed by atoms with Gasteiger partial charge in [-0.2, -0.15) is 0 Å². The van der Waals surface area contributed by atoms with Crippen LogP contribution in [-0.2, 0) is 19.1 Å². The Morgan fingerprint density at radius 1 is 0.703 bits per heavy atom. The SMILES string of the molecule is O=C(CCC(=O)OCC(=O)c1ccccc1)Nc1ccc(C(=O)OCC(=O)c2ccc(Cl)cc2Cl)cc1. The van der Waals surface area contributed by atoms with E-state index in [4.69, 9.17) is 32.7 Å². The fourth-order valence-electron chi connectivity index (χ4n) is 3.06. The summed E-state index contributed by atoms with van der Waals surface area (Å²) in [7, 11) is 0. The largest absolute Gasteiger partial charge is 0.457 e.